The minimum absolute atomic E-state index is 0.0823. The fourth-order valence-corrected chi connectivity index (χ4v) is 4.14. The predicted molar refractivity (Wildman–Crippen MR) is 132 cm³/mol. The average Bonchev–Trinajstić information content (AvgIpc) is 3.13. The standard InChI is InChI=1S/C29H27NO4/c1-2-34-24-15-9-14-23(20-24)27-26(25(31)17-16-21-10-5-3-6-11-21)28(32)29(33)30(27)19-18-22-12-7-4-8-13-22/h3-17,20,27,32H,2,18-19H2,1H3. The molecule has 4 rings (SSSR count). The van der Waals surface area contributed by atoms with E-state index < -0.39 is 23.5 Å². The average molecular weight is 454 g/mol. The molecule has 172 valence electrons. The van der Waals surface area contributed by atoms with Crippen molar-refractivity contribution in [1.29, 1.82) is 0 Å². The van der Waals surface area contributed by atoms with Crippen molar-refractivity contribution < 1.29 is 19.4 Å². The van der Waals surface area contributed by atoms with Gasteiger partial charge in [0.25, 0.3) is 5.91 Å². The van der Waals surface area contributed by atoms with Crippen molar-refractivity contribution in [3.05, 3.63) is 119 Å². The SMILES string of the molecule is CCOc1cccc(C2C(C(=O)C=Cc3ccccc3)=C(O)C(=O)N2CCc2ccccc2)c1. The van der Waals surface area contributed by atoms with E-state index in [1.54, 1.807) is 11.0 Å². The Morgan fingerprint density at radius 1 is 1.00 bits per heavy atom. The molecule has 0 aliphatic carbocycles. The maximum atomic E-state index is 13.3. The van der Waals surface area contributed by atoms with Crippen LogP contribution in [0, 0.1) is 0 Å². The summed E-state index contributed by atoms with van der Waals surface area (Å²) in [5.41, 5.74) is 2.73. The zero-order valence-corrected chi connectivity index (χ0v) is 19.1. The third kappa shape index (κ3) is 5.09. The smallest absolute Gasteiger partial charge is 0.290 e. The lowest BCUT2D eigenvalue weighted by Crippen LogP contribution is -2.33. The first-order valence-corrected chi connectivity index (χ1v) is 11.4. The summed E-state index contributed by atoms with van der Waals surface area (Å²) in [5.74, 6) is -0.793. The highest BCUT2D eigenvalue weighted by Gasteiger charge is 2.42. The summed E-state index contributed by atoms with van der Waals surface area (Å²) in [4.78, 5) is 28.0. The van der Waals surface area contributed by atoms with Crippen molar-refractivity contribution in [3.8, 4) is 5.75 Å². The minimum Gasteiger partial charge on any atom is -0.503 e. The third-order valence-electron chi connectivity index (χ3n) is 5.76. The molecule has 1 aliphatic rings. The van der Waals surface area contributed by atoms with E-state index in [9.17, 15) is 14.7 Å². The van der Waals surface area contributed by atoms with E-state index in [4.69, 9.17) is 4.74 Å². The Balaban J connectivity index is 1.68. The van der Waals surface area contributed by atoms with Crippen LogP contribution in [0.25, 0.3) is 6.08 Å². The fraction of sp³-hybridized carbons (Fsp3) is 0.172. The van der Waals surface area contributed by atoms with Crippen LogP contribution in [0.3, 0.4) is 0 Å². The zero-order chi connectivity index (χ0) is 23.9. The quantitative estimate of drug-likeness (QED) is 0.446. The van der Waals surface area contributed by atoms with Crippen molar-refractivity contribution >= 4 is 17.8 Å². The number of benzene rings is 3. The molecule has 34 heavy (non-hydrogen) atoms. The number of hydrogen-bond acceptors (Lipinski definition) is 4. The van der Waals surface area contributed by atoms with Crippen molar-refractivity contribution in [1.82, 2.24) is 4.90 Å². The van der Waals surface area contributed by atoms with Gasteiger partial charge in [-0.05, 0) is 48.2 Å². The highest BCUT2D eigenvalue weighted by molar-refractivity contribution is 6.14. The van der Waals surface area contributed by atoms with Gasteiger partial charge in [-0.3, -0.25) is 9.59 Å². The Bertz CT molecular complexity index is 1220. The molecule has 3 aromatic carbocycles. The Morgan fingerprint density at radius 3 is 2.41 bits per heavy atom. The first-order chi connectivity index (χ1) is 16.6. The van der Waals surface area contributed by atoms with E-state index >= 15 is 0 Å². The van der Waals surface area contributed by atoms with E-state index in [1.807, 2.05) is 91.9 Å². The van der Waals surface area contributed by atoms with Crippen LogP contribution in [0.4, 0.5) is 0 Å². The molecule has 0 spiro atoms. The normalized spacial score (nSPS) is 15.9. The molecule has 0 saturated heterocycles. The second-order valence-electron chi connectivity index (χ2n) is 8.01. The van der Waals surface area contributed by atoms with Crippen LogP contribution in [0.15, 0.2) is 102 Å². The molecule has 1 atom stereocenters. The van der Waals surface area contributed by atoms with Gasteiger partial charge in [-0.25, -0.2) is 0 Å². The fourth-order valence-electron chi connectivity index (χ4n) is 4.14. The second kappa shape index (κ2) is 10.7. The number of allylic oxidation sites excluding steroid dienone is 1. The number of carbonyl (C=O) groups excluding carboxylic acids is 2. The molecule has 1 N–H and O–H groups in total. The van der Waals surface area contributed by atoms with Gasteiger partial charge < -0.3 is 14.7 Å². The third-order valence-corrected chi connectivity index (χ3v) is 5.76. The van der Waals surface area contributed by atoms with Gasteiger partial charge in [0.2, 0.25) is 0 Å². The number of amides is 1. The maximum Gasteiger partial charge on any atom is 0.290 e. The van der Waals surface area contributed by atoms with Crippen molar-refractivity contribution in [2.75, 3.05) is 13.2 Å². The number of rotatable bonds is 9. The van der Waals surface area contributed by atoms with Gasteiger partial charge in [0.05, 0.1) is 18.2 Å². The van der Waals surface area contributed by atoms with E-state index in [-0.39, 0.29) is 5.57 Å². The topological polar surface area (TPSA) is 66.8 Å². The number of aliphatic hydroxyl groups is 1. The molecule has 0 saturated carbocycles. The molecule has 1 heterocycles. The van der Waals surface area contributed by atoms with Gasteiger partial charge in [0.1, 0.15) is 5.75 Å². The largest absolute Gasteiger partial charge is 0.503 e. The summed E-state index contributed by atoms with van der Waals surface area (Å²) < 4.78 is 5.64. The van der Waals surface area contributed by atoms with E-state index in [0.717, 1.165) is 11.1 Å². The van der Waals surface area contributed by atoms with Crippen molar-refractivity contribution in [3.63, 3.8) is 0 Å². The van der Waals surface area contributed by atoms with Crippen LogP contribution in [0.1, 0.15) is 29.7 Å². The molecular weight excluding hydrogens is 426 g/mol. The molecule has 3 aromatic rings. The summed E-state index contributed by atoms with van der Waals surface area (Å²) in [6, 6.07) is 25.9. The molecule has 1 unspecified atom stereocenters. The molecule has 5 heteroatoms. The number of ether oxygens (including phenoxy) is 1. The summed E-state index contributed by atoms with van der Waals surface area (Å²) in [7, 11) is 0. The van der Waals surface area contributed by atoms with Crippen LogP contribution in [-0.2, 0) is 16.0 Å². The van der Waals surface area contributed by atoms with Gasteiger partial charge in [0.15, 0.2) is 11.5 Å². The molecule has 1 aliphatic heterocycles. The van der Waals surface area contributed by atoms with Crippen LogP contribution >= 0.6 is 0 Å². The van der Waals surface area contributed by atoms with Gasteiger partial charge >= 0.3 is 0 Å². The highest BCUT2D eigenvalue weighted by Crippen LogP contribution is 2.39. The van der Waals surface area contributed by atoms with Gasteiger partial charge in [-0.15, -0.1) is 0 Å². The first-order valence-electron chi connectivity index (χ1n) is 11.4. The lowest BCUT2D eigenvalue weighted by Gasteiger charge is -2.27. The van der Waals surface area contributed by atoms with Gasteiger partial charge in [-0.2, -0.15) is 0 Å². The second-order valence-corrected chi connectivity index (χ2v) is 8.01. The maximum absolute atomic E-state index is 13.3. The summed E-state index contributed by atoms with van der Waals surface area (Å²) in [6.45, 7) is 2.75. The van der Waals surface area contributed by atoms with Crippen LogP contribution in [0.5, 0.6) is 5.75 Å². The number of ketones is 1. The van der Waals surface area contributed by atoms with Crippen LogP contribution < -0.4 is 4.74 Å². The molecule has 1 amide bonds. The molecule has 0 bridgehead atoms. The van der Waals surface area contributed by atoms with Crippen molar-refractivity contribution in [2.24, 2.45) is 0 Å². The first kappa shape index (κ1) is 23.1. The molecule has 0 radical (unpaired) electrons. The Labute approximate surface area is 199 Å². The lowest BCUT2D eigenvalue weighted by atomic mass is 9.95. The van der Waals surface area contributed by atoms with Crippen molar-refractivity contribution in [2.45, 2.75) is 19.4 Å². The van der Waals surface area contributed by atoms with Crippen LogP contribution in [0.2, 0.25) is 0 Å². The Morgan fingerprint density at radius 2 is 1.71 bits per heavy atom. The molecule has 0 aromatic heterocycles. The number of hydrogen-bond donors (Lipinski definition) is 1. The summed E-state index contributed by atoms with van der Waals surface area (Å²) >= 11 is 0. The monoisotopic (exact) mass is 453 g/mol. The number of aliphatic hydroxyl groups excluding tert-OH is 1. The Hall–Kier alpha value is -4.12. The highest BCUT2D eigenvalue weighted by atomic mass is 16.5. The molecular formula is C29H27NO4. The van der Waals surface area contributed by atoms with Gasteiger partial charge in [-0.1, -0.05) is 78.9 Å². The lowest BCUT2D eigenvalue weighted by molar-refractivity contribution is -0.129. The van der Waals surface area contributed by atoms with Crippen LogP contribution in [-0.4, -0.2) is 34.8 Å². The van der Waals surface area contributed by atoms with E-state index in [2.05, 4.69) is 0 Å². The number of carbonyl (C=O) groups is 2. The zero-order valence-electron chi connectivity index (χ0n) is 19.1. The predicted octanol–water partition coefficient (Wildman–Crippen LogP) is 5.31. The summed E-state index contributed by atoms with van der Waals surface area (Å²) in [6.07, 6.45) is 3.70. The molecule has 5 nitrogen and oxygen atoms in total. The van der Waals surface area contributed by atoms with E-state index in [1.165, 1.54) is 6.08 Å². The Kier molecular flexibility index (Phi) is 7.23. The van der Waals surface area contributed by atoms with Gasteiger partial charge in [0, 0.05) is 6.54 Å². The summed E-state index contributed by atoms with van der Waals surface area (Å²) in [5, 5.41) is 10.8. The number of nitrogens with zero attached hydrogens (tertiary/aromatic N) is 1. The molecule has 0 fully saturated rings. The minimum atomic E-state index is -0.704. The van der Waals surface area contributed by atoms with E-state index in [0.29, 0.717) is 30.9 Å².